The third-order valence-corrected chi connectivity index (χ3v) is 4.16. The number of hydrogen-bond donors (Lipinski definition) is 1. The van der Waals surface area contributed by atoms with Gasteiger partial charge in [-0.1, -0.05) is 13.0 Å². The summed E-state index contributed by atoms with van der Waals surface area (Å²) in [7, 11) is 0. The van der Waals surface area contributed by atoms with Crippen LogP contribution in [0.25, 0.3) is 0 Å². The molecule has 6 nitrogen and oxygen atoms in total. The number of piperidine rings is 1. The molecule has 0 aliphatic carbocycles. The topological polar surface area (TPSA) is 75.5 Å². The number of likely N-dealkylation sites (tertiary alicyclic amines) is 1. The van der Waals surface area contributed by atoms with Gasteiger partial charge in [0.15, 0.2) is 0 Å². The molecule has 7 heteroatoms. The number of nitrogens with one attached hydrogen (secondary N) is 1. The molecule has 1 fully saturated rings. The van der Waals surface area contributed by atoms with E-state index >= 15 is 0 Å². The van der Waals surface area contributed by atoms with Crippen molar-refractivity contribution in [2.75, 3.05) is 26.2 Å². The van der Waals surface area contributed by atoms with E-state index in [-0.39, 0.29) is 29.6 Å². The Morgan fingerprint density at radius 1 is 1.39 bits per heavy atom. The van der Waals surface area contributed by atoms with Crippen LogP contribution in [0.1, 0.15) is 35.7 Å². The number of carbonyl (C=O) groups is 1. The SMILES string of the molecule is CCNCC1CCN(C(=O)c2cc(C)ccc2[N+](=O)[O-])CC1.Cl. The maximum Gasteiger partial charge on any atom is 0.282 e. The Balaban J connectivity index is 0.00000264. The van der Waals surface area contributed by atoms with Crippen LogP contribution in [-0.4, -0.2) is 41.9 Å². The maximum absolute atomic E-state index is 12.6. The maximum atomic E-state index is 12.6. The molecule has 128 valence electrons. The minimum absolute atomic E-state index is 0. The molecule has 2 rings (SSSR count). The fourth-order valence-electron chi connectivity index (χ4n) is 2.84. The molecule has 0 radical (unpaired) electrons. The fraction of sp³-hybridized carbons (Fsp3) is 0.562. The molecule has 0 saturated carbocycles. The lowest BCUT2D eigenvalue weighted by Crippen LogP contribution is -2.41. The Morgan fingerprint density at radius 3 is 2.61 bits per heavy atom. The first-order valence-corrected chi connectivity index (χ1v) is 7.78. The largest absolute Gasteiger partial charge is 0.338 e. The van der Waals surface area contributed by atoms with Crippen LogP contribution < -0.4 is 5.32 Å². The normalized spacial score (nSPS) is 15.1. The molecule has 1 amide bonds. The number of nitro groups is 1. The van der Waals surface area contributed by atoms with E-state index in [4.69, 9.17) is 0 Å². The van der Waals surface area contributed by atoms with E-state index < -0.39 is 4.92 Å². The summed E-state index contributed by atoms with van der Waals surface area (Å²) >= 11 is 0. The van der Waals surface area contributed by atoms with Crippen LogP contribution in [0.3, 0.4) is 0 Å². The molecule has 0 aromatic heterocycles. The molecule has 1 saturated heterocycles. The number of carbonyl (C=O) groups excluding carboxylic acids is 1. The second-order valence-electron chi connectivity index (χ2n) is 5.82. The van der Waals surface area contributed by atoms with E-state index in [1.807, 2.05) is 6.92 Å². The van der Waals surface area contributed by atoms with Gasteiger partial charge in [0.1, 0.15) is 5.56 Å². The first-order chi connectivity index (χ1) is 10.5. The van der Waals surface area contributed by atoms with Gasteiger partial charge in [-0.05, 0) is 50.4 Å². The van der Waals surface area contributed by atoms with Crippen LogP contribution in [0, 0.1) is 23.0 Å². The summed E-state index contributed by atoms with van der Waals surface area (Å²) in [5.74, 6) is 0.355. The van der Waals surface area contributed by atoms with Crippen LogP contribution in [-0.2, 0) is 0 Å². The molecule has 0 spiro atoms. The van der Waals surface area contributed by atoms with Crippen molar-refractivity contribution in [3.63, 3.8) is 0 Å². The van der Waals surface area contributed by atoms with Crippen LogP contribution in [0.4, 0.5) is 5.69 Å². The lowest BCUT2D eigenvalue weighted by atomic mass is 9.96. The zero-order valence-corrected chi connectivity index (χ0v) is 14.4. The van der Waals surface area contributed by atoms with Crippen molar-refractivity contribution in [3.8, 4) is 0 Å². The van der Waals surface area contributed by atoms with Crippen molar-refractivity contribution < 1.29 is 9.72 Å². The van der Waals surface area contributed by atoms with Gasteiger partial charge in [0, 0.05) is 19.2 Å². The third kappa shape index (κ3) is 4.91. The predicted octanol–water partition coefficient (Wildman–Crippen LogP) is 2.79. The summed E-state index contributed by atoms with van der Waals surface area (Å²) in [5, 5.41) is 14.4. The standard InChI is InChI=1S/C16H23N3O3.ClH/c1-3-17-11-13-6-8-18(9-7-13)16(20)14-10-12(2)4-5-15(14)19(21)22;/h4-5,10,13,17H,3,6-9,11H2,1-2H3;1H. The summed E-state index contributed by atoms with van der Waals surface area (Å²) in [4.78, 5) is 25.0. The summed E-state index contributed by atoms with van der Waals surface area (Å²) < 4.78 is 0. The highest BCUT2D eigenvalue weighted by atomic mass is 35.5. The predicted molar refractivity (Wildman–Crippen MR) is 92.3 cm³/mol. The molecule has 0 bridgehead atoms. The lowest BCUT2D eigenvalue weighted by Gasteiger charge is -2.32. The van der Waals surface area contributed by atoms with Crippen LogP contribution in [0.5, 0.6) is 0 Å². The molecule has 1 aliphatic heterocycles. The molecule has 1 N–H and O–H groups in total. The molecular formula is C16H24ClN3O3. The Labute approximate surface area is 142 Å². The Kier molecular flexibility index (Phi) is 7.45. The van der Waals surface area contributed by atoms with Crippen LogP contribution in [0.2, 0.25) is 0 Å². The summed E-state index contributed by atoms with van der Waals surface area (Å²) in [5.41, 5.74) is 0.955. The summed E-state index contributed by atoms with van der Waals surface area (Å²) in [6.45, 7) is 7.18. The average molecular weight is 342 g/mol. The first-order valence-electron chi connectivity index (χ1n) is 7.78. The number of amides is 1. The number of halogens is 1. The van der Waals surface area contributed by atoms with Crippen molar-refractivity contribution in [1.82, 2.24) is 10.2 Å². The molecular weight excluding hydrogens is 318 g/mol. The highest BCUT2D eigenvalue weighted by molar-refractivity contribution is 5.98. The van der Waals surface area contributed by atoms with Crippen LogP contribution >= 0.6 is 12.4 Å². The molecule has 23 heavy (non-hydrogen) atoms. The van der Waals surface area contributed by atoms with E-state index in [2.05, 4.69) is 12.2 Å². The Hall–Kier alpha value is -1.66. The molecule has 1 aromatic carbocycles. The van der Waals surface area contributed by atoms with E-state index in [1.165, 1.54) is 6.07 Å². The number of nitrogens with zero attached hydrogens (tertiary/aromatic N) is 2. The molecule has 1 aromatic rings. The summed E-state index contributed by atoms with van der Waals surface area (Å²) in [6.07, 6.45) is 1.89. The van der Waals surface area contributed by atoms with Gasteiger partial charge in [-0.3, -0.25) is 14.9 Å². The average Bonchev–Trinajstić information content (AvgIpc) is 2.52. The van der Waals surface area contributed by atoms with Gasteiger partial charge in [-0.2, -0.15) is 0 Å². The van der Waals surface area contributed by atoms with Crippen molar-refractivity contribution >= 4 is 24.0 Å². The highest BCUT2D eigenvalue weighted by Crippen LogP contribution is 2.24. The van der Waals surface area contributed by atoms with Gasteiger partial charge < -0.3 is 10.2 Å². The van der Waals surface area contributed by atoms with Gasteiger partial charge in [-0.15, -0.1) is 12.4 Å². The van der Waals surface area contributed by atoms with E-state index in [1.54, 1.807) is 17.0 Å². The smallest absolute Gasteiger partial charge is 0.282 e. The zero-order valence-electron chi connectivity index (χ0n) is 13.6. The van der Waals surface area contributed by atoms with Crippen LogP contribution in [0.15, 0.2) is 18.2 Å². The van der Waals surface area contributed by atoms with Crippen molar-refractivity contribution in [2.24, 2.45) is 5.92 Å². The van der Waals surface area contributed by atoms with Crippen molar-refractivity contribution in [1.29, 1.82) is 0 Å². The monoisotopic (exact) mass is 341 g/mol. The molecule has 0 atom stereocenters. The van der Waals surface area contributed by atoms with Gasteiger partial charge in [0.2, 0.25) is 0 Å². The van der Waals surface area contributed by atoms with Gasteiger partial charge in [0.25, 0.3) is 11.6 Å². The third-order valence-electron chi connectivity index (χ3n) is 4.16. The number of hydrogen-bond acceptors (Lipinski definition) is 4. The fourth-order valence-corrected chi connectivity index (χ4v) is 2.84. The zero-order chi connectivity index (χ0) is 16.1. The van der Waals surface area contributed by atoms with E-state index in [9.17, 15) is 14.9 Å². The van der Waals surface area contributed by atoms with Gasteiger partial charge >= 0.3 is 0 Å². The second-order valence-corrected chi connectivity index (χ2v) is 5.82. The highest BCUT2D eigenvalue weighted by Gasteiger charge is 2.28. The minimum atomic E-state index is -0.482. The quantitative estimate of drug-likeness (QED) is 0.660. The number of aryl methyl sites for hydroxylation is 1. The van der Waals surface area contributed by atoms with Gasteiger partial charge in [0.05, 0.1) is 4.92 Å². The lowest BCUT2D eigenvalue weighted by molar-refractivity contribution is -0.385. The van der Waals surface area contributed by atoms with Gasteiger partial charge in [-0.25, -0.2) is 0 Å². The number of nitro benzene ring substituents is 1. The second kappa shape index (κ2) is 8.84. The number of benzene rings is 1. The Morgan fingerprint density at radius 2 is 2.04 bits per heavy atom. The van der Waals surface area contributed by atoms with Crippen molar-refractivity contribution in [3.05, 3.63) is 39.4 Å². The molecule has 0 unspecified atom stereocenters. The minimum Gasteiger partial charge on any atom is -0.338 e. The van der Waals surface area contributed by atoms with E-state index in [0.29, 0.717) is 19.0 Å². The first kappa shape index (κ1) is 19.4. The number of rotatable bonds is 5. The Bertz CT molecular complexity index is 558. The molecule has 1 aliphatic rings. The van der Waals surface area contributed by atoms with Crippen molar-refractivity contribution in [2.45, 2.75) is 26.7 Å². The summed E-state index contributed by atoms with van der Waals surface area (Å²) in [6, 6.07) is 4.70. The van der Waals surface area contributed by atoms with E-state index in [0.717, 1.165) is 31.5 Å². The molecule has 1 heterocycles.